The normalized spacial score (nSPS) is 19.8. The third-order valence-corrected chi connectivity index (χ3v) is 7.30. The number of methoxy groups -OCH3 is 1. The minimum atomic E-state index is 0.00604. The molecular formula is C22H25BrN4O2. The molecule has 7 heteroatoms. The molecule has 1 aromatic carbocycles. The highest BCUT2D eigenvalue weighted by molar-refractivity contribution is 9.10. The summed E-state index contributed by atoms with van der Waals surface area (Å²) in [4.78, 5) is 5.07. The van der Waals surface area contributed by atoms with Gasteiger partial charge in [0.05, 0.1) is 23.5 Å². The molecule has 1 unspecified atom stereocenters. The molecule has 2 aliphatic rings. The predicted octanol–water partition coefficient (Wildman–Crippen LogP) is 4.09. The number of nitrogens with zero attached hydrogens (tertiary/aromatic N) is 3. The number of hydrogen-bond acceptors (Lipinski definition) is 5. The highest BCUT2D eigenvalue weighted by Gasteiger charge is 2.50. The van der Waals surface area contributed by atoms with E-state index in [1.165, 1.54) is 29.7 Å². The summed E-state index contributed by atoms with van der Waals surface area (Å²) in [5.41, 5.74) is 4.39. The standard InChI is InChI=1S/C22H25BrN4O2/c1-29-16-6-4-14(5-7-16)11-24-20-17-10-15(13-28)22(8-2-3-9-22)19(17)26-21-18(23)12-25-27(20)21/h4-7,12,15,24,28H,2-3,8-11,13H2,1H3. The van der Waals surface area contributed by atoms with E-state index in [1.54, 1.807) is 13.3 Å². The van der Waals surface area contributed by atoms with Gasteiger partial charge in [-0.3, -0.25) is 0 Å². The maximum Gasteiger partial charge on any atom is 0.171 e. The van der Waals surface area contributed by atoms with Crippen LogP contribution < -0.4 is 10.1 Å². The van der Waals surface area contributed by atoms with E-state index in [1.807, 2.05) is 16.6 Å². The molecule has 2 aromatic heterocycles. The molecule has 0 radical (unpaired) electrons. The second kappa shape index (κ2) is 7.29. The summed E-state index contributed by atoms with van der Waals surface area (Å²) in [6.07, 6.45) is 7.28. The minimum absolute atomic E-state index is 0.00604. The van der Waals surface area contributed by atoms with Gasteiger partial charge in [0.15, 0.2) is 5.65 Å². The Hall–Kier alpha value is -2.12. The zero-order valence-electron chi connectivity index (χ0n) is 16.5. The van der Waals surface area contributed by atoms with E-state index in [0.717, 1.165) is 40.9 Å². The number of aliphatic hydroxyl groups is 1. The average Bonchev–Trinajstić information content (AvgIpc) is 3.46. The van der Waals surface area contributed by atoms with Gasteiger partial charge in [0, 0.05) is 24.1 Å². The lowest BCUT2D eigenvalue weighted by atomic mass is 9.76. The molecule has 2 aliphatic carbocycles. The molecule has 0 aliphatic heterocycles. The van der Waals surface area contributed by atoms with E-state index in [9.17, 15) is 5.11 Å². The van der Waals surface area contributed by atoms with Gasteiger partial charge in [-0.15, -0.1) is 0 Å². The van der Waals surface area contributed by atoms with Crippen molar-refractivity contribution in [2.45, 2.75) is 44.1 Å². The van der Waals surface area contributed by atoms with Crippen LogP contribution in [-0.4, -0.2) is 33.4 Å². The topological polar surface area (TPSA) is 71.7 Å². The molecular weight excluding hydrogens is 432 g/mol. The first-order valence-electron chi connectivity index (χ1n) is 10.2. The third kappa shape index (κ3) is 2.94. The average molecular weight is 457 g/mol. The number of fused-ring (bicyclic) bond motifs is 3. The largest absolute Gasteiger partial charge is 0.497 e. The maximum atomic E-state index is 10.2. The van der Waals surface area contributed by atoms with Gasteiger partial charge in [0.2, 0.25) is 0 Å². The molecule has 1 atom stereocenters. The molecule has 6 nitrogen and oxygen atoms in total. The maximum absolute atomic E-state index is 10.2. The highest BCUT2D eigenvalue weighted by atomic mass is 79.9. The highest BCUT2D eigenvalue weighted by Crippen LogP contribution is 2.54. The van der Waals surface area contributed by atoms with E-state index in [0.29, 0.717) is 6.54 Å². The second-order valence-electron chi connectivity index (χ2n) is 8.16. The predicted molar refractivity (Wildman–Crippen MR) is 115 cm³/mol. The van der Waals surface area contributed by atoms with Crippen LogP contribution >= 0.6 is 15.9 Å². The molecule has 5 rings (SSSR count). The van der Waals surface area contributed by atoms with Crippen molar-refractivity contribution in [1.82, 2.24) is 14.6 Å². The van der Waals surface area contributed by atoms with Gasteiger partial charge in [0.1, 0.15) is 11.6 Å². The molecule has 2 heterocycles. The van der Waals surface area contributed by atoms with Crippen molar-refractivity contribution in [2.75, 3.05) is 19.0 Å². The summed E-state index contributed by atoms with van der Waals surface area (Å²) in [7, 11) is 1.68. The Labute approximate surface area is 178 Å². The monoisotopic (exact) mass is 456 g/mol. The minimum Gasteiger partial charge on any atom is -0.497 e. The Morgan fingerprint density at radius 3 is 2.72 bits per heavy atom. The van der Waals surface area contributed by atoms with Gasteiger partial charge in [-0.2, -0.15) is 9.61 Å². The molecule has 29 heavy (non-hydrogen) atoms. The SMILES string of the molecule is COc1ccc(CNc2c3c(nc4c(Br)cnn24)C2(CCCC2)C(CO)C3)cc1. The van der Waals surface area contributed by atoms with Crippen LogP contribution in [0.15, 0.2) is 34.9 Å². The van der Waals surface area contributed by atoms with Crippen LogP contribution in [0.3, 0.4) is 0 Å². The first-order chi connectivity index (χ1) is 14.2. The molecule has 3 aromatic rings. The molecule has 1 spiro atoms. The Morgan fingerprint density at radius 1 is 1.28 bits per heavy atom. The lowest BCUT2D eigenvalue weighted by molar-refractivity contribution is 0.162. The first-order valence-corrected chi connectivity index (χ1v) is 11.0. The van der Waals surface area contributed by atoms with E-state index in [4.69, 9.17) is 9.72 Å². The van der Waals surface area contributed by atoms with Gasteiger partial charge in [0.25, 0.3) is 0 Å². The van der Waals surface area contributed by atoms with Crippen molar-refractivity contribution in [2.24, 2.45) is 5.92 Å². The summed E-state index contributed by atoms with van der Waals surface area (Å²) < 4.78 is 8.05. The smallest absolute Gasteiger partial charge is 0.171 e. The number of benzene rings is 1. The van der Waals surface area contributed by atoms with Crippen molar-refractivity contribution in [3.05, 3.63) is 51.8 Å². The Balaban J connectivity index is 1.58. The number of rotatable bonds is 5. The number of ether oxygens (including phenoxy) is 1. The van der Waals surface area contributed by atoms with Gasteiger partial charge in [-0.25, -0.2) is 4.98 Å². The Morgan fingerprint density at radius 2 is 2.03 bits per heavy atom. The molecule has 0 saturated heterocycles. The summed E-state index contributed by atoms with van der Waals surface area (Å²) in [6, 6.07) is 8.09. The van der Waals surface area contributed by atoms with Crippen molar-refractivity contribution in [3.8, 4) is 5.75 Å². The summed E-state index contributed by atoms with van der Waals surface area (Å²) in [6.45, 7) is 0.890. The molecule has 0 bridgehead atoms. The molecule has 152 valence electrons. The van der Waals surface area contributed by atoms with E-state index < -0.39 is 0 Å². The van der Waals surface area contributed by atoms with Crippen molar-refractivity contribution in [3.63, 3.8) is 0 Å². The van der Waals surface area contributed by atoms with Gasteiger partial charge >= 0.3 is 0 Å². The molecule has 1 saturated carbocycles. The van der Waals surface area contributed by atoms with Crippen molar-refractivity contribution in [1.29, 1.82) is 0 Å². The van der Waals surface area contributed by atoms with Crippen LogP contribution in [0.5, 0.6) is 5.75 Å². The van der Waals surface area contributed by atoms with Crippen LogP contribution in [0, 0.1) is 5.92 Å². The molecule has 2 N–H and O–H groups in total. The van der Waals surface area contributed by atoms with Crippen molar-refractivity contribution < 1.29 is 9.84 Å². The third-order valence-electron chi connectivity index (χ3n) is 6.74. The van der Waals surface area contributed by atoms with E-state index in [2.05, 4.69) is 38.5 Å². The summed E-state index contributed by atoms with van der Waals surface area (Å²) >= 11 is 3.61. The van der Waals surface area contributed by atoms with Crippen LogP contribution in [0.4, 0.5) is 5.82 Å². The fourth-order valence-electron chi connectivity index (χ4n) is 5.24. The number of anilines is 1. The zero-order valence-corrected chi connectivity index (χ0v) is 18.1. The fraction of sp³-hybridized carbons (Fsp3) is 0.455. The van der Waals surface area contributed by atoms with Gasteiger partial charge < -0.3 is 15.2 Å². The molecule has 0 amide bonds. The Kier molecular flexibility index (Phi) is 4.75. The first kappa shape index (κ1) is 18.9. The lowest BCUT2D eigenvalue weighted by Crippen LogP contribution is -2.31. The second-order valence-corrected chi connectivity index (χ2v) is 9.02. The number of nitrogens with one attached hydrogen (secondary N) is 1. The van der Waals surface area contributed by atoms with Crippen LogP contribution in [0.2, 0.25) is 0 Å². The van der Waals surface area contributed by atoms with E-state index >= 15 is 0 Å². The summed E-state index contributed by atoms with van der Waals surface area (Å²) in [5, 5.41) is 18.3. The lowest BCUT2D eigenvalue weighted by Gasteiger charge is -2.30. The number of halogens is 1. The van der Waals surface area contributed by atoms with Crippen LogP contribution in [0.25, 0.3) is 5.65 Å². The molecule has 1 fully saturated rings. The van der Waals surface area contributed by atoms with Gasteiger partial charge in [-0.05, 0) is 58.8 Å². The van der Waals surface area contributed by atoms with Crippen LogP contribution in [-0.2, 0) is 18.4 Å². The van der Waals surface area contributed by atoms with Crippen LogP contribution in [0.1, 0.15) is 42.5 Å². The van der Waals surface area contributed by atoms with Gasteiger partial charge in [-0.1, -0.05) is 25.0 Å². The zero-order chi connectivity index (χ0) is 20.0. The summed E-state index contributed by atoms with van der Waals surface area (Å²) in [5.74, 6) is 2.08. The van der Waals surface area contributed by atoms with E-state index in [-0.39, 0.29) is 17.9 Å². The number of aliphatic hydroxyl groups excluding tert-OH is 1. The quantitative estimate of drug-likeness (QED) is 0.604. The van der Waals surface area contributed by atoms with Crippen molar-refractivity contribution >= 4 is 27.4 Å². The fourth-order valence-corrected chi connectivity index (χ4v) is 5.59. The number of hydrogen-bond donors (Lipinski definition) is 2. The Bertz CT molecular complexity index is 1040. The number of aromatic nitrogens is 3.